The maximum absolute atomic E-state index is 13.7. The highest BCUT2D eigenvalue weighted by Gasteiger charge is 2.37. The van der Waals surface area contributed by atoms with Gasteiger partial charge in [0.2, 0.25) is 0 Å². The maximum Gasteiger partial charge on any atom is 0.433 e. The van der Waals surface area contributed by atoms with Crippen LogP contribution in [0.2, 0.25) is 5.02 Å². The van der Waals surface area contributed by atoms with E-state index < -0.39 is 23.8 Å². The van der Waals surface area contributed by atoms with Gasteiger partial charge >= 0.3 is 6.18 Å². The highest BCUT2D eigenvalue weighted by atomic mass is 35.5. The van der Waals surface area contributed by atoms with Crippen molar-refractivity contribution in [3.8, 4) is 11.5 Å². The van der Waals surface area contributed by atoms with Crippen LogP contribution in [0.15, 0.2) is 59.2 Å². The van der Waals surface area contributed by atoms with E-state index in [1.807, 2.05) is 30.3 Å². The van der Waals surface area contributed by atoms with Crippen molar-refractivity contribution < 1.29 is 22.4 Å². The number of aromatic nitrogens is 3. The van der Waals surface area contributed by atoms with Gasteiger partial charge in [0, 0.05) is 0 Å². The lowest BCUT2D eigenvalue weighted by Gasteiger charge is -2.13. The van der Waals surface area contributed by atoms with Crippen LogP contribution in [-0.4, -0.2) is 20.5 Å². The van der Waals surface area contributed by atoms with Gasteiger partial charge in [-0.3, -0.25) is 4.79 Å². The lowest BCUT2D eigenvalue weighted by Crippen LogP contribution is -2.27. The van der Waals surface area contributed by atoms with Crippen LogP contribution in [0.25, 0.3) is 17.1 Å². The molecular formula is C20H14ClF3N4O2. The van der Waals surface area contributed by atoms with Crippen molar-refractivity contribution in [1.82, 2.24) is 19.9 Å². The van der Waals surface area contributed by atoms with E-state index in [0.717, 1.165) is 11.6 Å². The van der Waals surface area contributed by atoms with Gasteiger partial charge in [0.15, 0.2) is 22.8 Å². The molecule has 0 aliphatic rings. The molecule has 0 aliphatic carbocycles. The van der Waals surface area contributed by atoms with Gasteiger partial charge in [-0.1, -0.05) is 41.9 Å². The first-order valence-corrected chi connectivity index (χ1v) is 9.19. The van der Waals surface area contributed by atoms with Crippen LogP contribution < -0.4 is 5.32 Å². The molecular weight excluding hydrogens is 421 g/mol. The predicted octanol–water partition coefficient (Wildman–Crippen LogP) is 5.15. The third-order valence-electron chi connectivity index (χ3n) is 4.46. The summed E-state index contributed by atoms with van der Waals surface area (Å²) in [5.74, 6) is -0.585. The van der Waals surface area contributed by atoms with E-state index >= 15 is 0 Å². The molecule has 6 nitrogen and oxygen atoms in total. The van der Waals surface area contributed by atoms with E-state index in [0.29, 0.717) is 4.52 Å². The van der Waals surface area contributed by atoms with Gasteiger partial charge in [-0.25, -0.2) is 9.50 Å². The summed E-state index contributed by atoms with van der Waals surface area (Å²) in [6, 6.07) is 12.5. The summed E-state index contributed by atoms with van der Waals surface area (Å²) >= 11 is 6.23. The molecule has 30 heavy (non-hydrogen) atoms. The van der Waals surface area contributed by atoms with Crippen LogP contribution in [0.1, 0.15) is 34.7 Å². The first-order chi connectivity index (χ1) is 14.3. The van der Waals surface area contributed by atoms with Crippen molar-refractivity contribution in [2.75, 3.05) is 0 Å². The summed E-state index contributed by atoms with van der Waals surface area (Å²) in [5.41, 5.74) is -1.04. The van der Waals surface area contributed by atoms with E-state index in [-0.39, 0.29) is 27.8 Å². The van der Waals surface area contributed by atoms with Crippen molar-refractivity contribution in [3.05, 3.63) is 76.8 Å². The molecule has 0 fully saturated rings. The maximum atomic E-state index is 13.7. The average Bonchev–Trinajstić information content (AvgIpc) is 3.36. The summed E-state index contributed by atoms with van der Waals surface area (Å²) < 4.78 is 46.6. The smallest absolute Gasteiger partial charge is 0.433 e. The Morgan fingerprint density at radius 3 is 2.57 bits per heavy atom. The Labute approximate surface area is 173 Å². The second kappa shape index (κ2) is 7.49. The van der Waals surface area contributed by atoms with Gasteiger partial charge in [0.25, 0.3) is 5.91 Å². The quantitative estimate of drug-likeness (QED) is 0.482. The highest BCUT2D eigenvalue weighted by molar-refractivity contribution is 6.36. The molecule has 10 heteroatoms. The number of rotatable bonds is 4. The standard InChI is InChI=1S/C20H14ClF3N4O2/c1-11(12-6-3-2-4-7-12)25-19(29)17-16(21)18-26-13(14-8-5-9-30-14)10-15(20(22,23)24)28(18)27-17/h2-11H,1H3,(H,25,29)/t11-/m0/s1. The number of fused-ring (bicyclic) bond motifs is 1. The predicted molar refractivity (Wildman–Crippen MR) is 103 cm³/mol. The number of hydrogen-bond donors (Lipinski definition) is 1. The molecule has 0 radical (unpaired) electrons. The third-order valence-corrected chi connectivity index (χ3v) is 4.81. The lowest BCUT2D eigenvalue weighted by atomic mass is 10.1. The topological polar surface area (TPSA) is 72.4 Å². The van der Waals surface area contributed by atoms with Crippen LogP contribution in [0.3, 0.4) is 0 Å². The van der Waals surface area contributed by atoms with E-state index in [4.69, 9.17) is 16.0 Å². The molecule has 154 valence electrons. The molecule has 4 aromatic rings. The molecule has 0 unspecified atom stereocenters. The van der Waals surface area contributed by atoms with Crippen LogP contribution in [0.5, 0.6) is 0 Å². The normalized spacial score (nSPS) is 12.8. The number of benzene rings is 1. The number of halogens is 4. The molecule has 1 aromatic carbocycles. The second-order valence-electron chi connectivity index (χ2n) is 6.51. The third kappa shape index (κ3) is 3.63. The van der Waals surface area contributed by atoms with Gasteiger partial charge in [0.1, 0.15) is 10.7 Å². The molecule has 0 bridgehead atoms. The van der Waals surface area contributed by atoms with Crippen LogP contribution in [-0.2, 0) is 6.18 Å². The largest absolute Gasteiger partial charge is 0.463 e. The Bertz CT molecular complexity index is 1200. The molecule has 1 amide bonds. The first-order valence-electron chi connectivity index (χ1n) is 8.82. The number of carbonyl (C=O) groups excluding carboxylic acids is 1. The SMILES string of the molecule is C[C@H](NC(=O)c1nn2c(C(F)(F)F)cc(-c3ccco3)nc2c1Cl)c1ccccc1. The molecule has 1 N–H and O–H groups in total. The molecule has 0 saturated heterocycles. The summed E-state index contributed by atoms with van der Waals surface area (Å²) in [5, 5.41) is 6.21. The molecule has 0 saturated carbocycles. The lowest BCUT2D eigenvalue weighted by molar-refractivity contribution is -0.142. The molecule has 0 aliphatic heterocycles. The van der Waals surface area contributed by atoms with Gasteiger partial charge < -0.3 is 9.73 Å². The van der Waals surface area contributed by atoms with E-state index in [1.165, 1.54) is 18.4 Å². The number of amides is 1. The zero-order valence-corrected chi connectivity index (χ0v) is 16.2. The van der Waals surface area contributed by atoms with Gasteiger partial charge in [-0.05, 0) is 30.7 Å². The molecule has 3 heterocycles. The number of hydrogen-bond acceptors (Lipinski definition) is 4. The van der Waals surface area contributed by atoms with Crippen LogP contribution in [0, 0.1) is 0 Å². The van der Waals surface area contributed by atoms with Crippen molar-refractivity contribution in [2.45, 2.75) is 19.1 Å². The minimum atomic E-state index is -4.76. The van der Waals surface area contributed by atoms with Crippen LogP contribution >= 0.6 is 11.6 Å². The monoisotopic (exact) mass is 434 g/mol. The summed E-state index contributed by atoms with van der Waals surface area (Å²) in [7, 11) is 0. The minimum Gasteiger partial charge on any atom is -0.463 e. The van der Waals surface area contributed by atoms with E-state index in [1.54, 1.807) is 6.92 Å². The Morgan fingerprint density at radius 2 is 1.93 bits per heavy atom. The molecule has 4 rings (SSSR count). The summed E-state index contributed by atoms with van der Waals surface area (Å²) in [6.45, 7) is 1.74. The minimum absolute atomic E-state index is 0.0776. The van der Waals surface area contributed by atoms with Crippen molar-refractivity contribution in [3.63, 3.8) is 0 Å². The number of alkyl halides is 3. The number of nitrogens with zero attached hydrogens (tertiary/aromatic N) is 3. The zero-order valence-electron chi connectivity index (χ0n) is 15.4. The van der Waals surface area contributed by atoms with Gasteiger partial charge in [-0.2, -0.15) is 18.3 Å². The fourth-order valence-corrected chi connectivity index (χ4v) is 3.23. The van der Waals surface area contributed by atoms with Crippen molar-refractivity contribution in [2.24, 2.45) is 0 Å². The summed E-state index contributed by atoms with van der Waals surface area (Å²) in [6.07, 6.45) is -3.45. The van der Waals surface area contributed by atoms with Crippen molar-refractivity contribution in [1.29, 1.82) is 0 Å². The van der Waals surface area contributed by atoms with E-state index in [9.17, 15) is 18.0 Å². The number of furan rings is 1. The fourth-order valence-electron chi connectivity index (χ4n) is 2.98. The highest BCUT2D eigenvalue weighted by Crippen LogP contribution is 2.34. The van der Waals surface area contributed by atoms with Gasteiger partial charge in [0.05, 0.1) is 12.3 Å². The number of nitrogens with one attached hydrogen (secondary N) is 1. The molecule has 0 spiro atoms. The molecule has 3 aromatic heterocycles. The Morgan fingerprint density at radius 1 is 1.20 bits per heavy atom. The fraction of sp³-hybridized carbons (Fsp3) is 0.150. The first kappa shape index (κ1) is 20.0. The van der Waals surface area contributed by atoms with Crippen LogP contribution in [0.4, 0.5) is 13.2 Å². The average molecular weight is 435 g/mol. The zero-order chi connectivity index (χ0) is 21.5. The Hall–Kier alpha value is -3.33. The number of carbonyl (C=O) groups is 1. The Balaban J connectivity index is 1.78. The van der Waals surface area contributed by atoms with E-state index in [2.05, 4.69) is 15.4 Å². The summed E-state index contributed by atoms with van der Waals surface area (Å²) in [4.78, 5) is 16.8. The van der Waals surface area contributed by atoms with Crippen molar-refractivity contribution >= 4 is 23.2 Å². The Kier molecular flexibility index (Phi) is 4.98. The van der Waals surface area contributed by atoms with Gasteiger partial charge in [-0.15, -0.1) is 0 Å². The second-order valence-corrected chi connectivity index (χ2v) is 6.88. The molecule has 1 atom stereocenters.